The van der Waals surface area contributed by atoms with E-state index in [4.69, 9.17) is 5.73 Å². The molecule has 1 heterocycles. The Labute approximate surface area is 113 Å². The average molecular weight is 266 g/mol. The predicted molar refractivity (Wildman–Crippen MR) is 75.5 cm³/mol. The third kappa shape index (κ3) is 2.93. The summed E-state index contributed by atoms with van der Waals surface area (Å²) in [5, 5.41) is 0. The maximum Gasteiger partial charge on any atom is 0.242 e. The van der Waals surface area contributed by atoms with Crippen LogP contribution in [-0.4, -0.2) is 23.4 Å². The number of thiophene rings is 1. The molecule has 1 aliphatic carbocycles. The molecule has 0 radical (unpaired) electrons. The van der Waals surface area contributed by atoms with E-state index in [2.05, 4.69) is 19.1 Å². The van der Waals surface area contributed by atoms with Crippen LogP contribution < -0.4 is 5.73 Å². The van der Waals surface area contributed by atoms with Gasteiger partial charge in [0.05, 0.1) is 12.1 Å². The van der Waals surface area contributed by atoms with Gasteiger partial charge in [-0.2, -0.15) is 0 Å². The van der Waals surface area contributed by atoms with Gasteiger partial charge in [0, 0.05) is 16.8 Å². The van der Waals surface area contributed by atoms with Crippen molar-refractivity contribution in [2.75, 3.05) is 7.05 Å². The Morgan fingerprint density at radius 2 is 2.06 bits per heavy atom. The minimum atomic E-state index is -0.612. The van der Waals surface area contributed by atoms with Crippen molar-refractivity contribution >= 4 is 17.2 Å². The van der Waals surface area contributed by atoms with E-state index < -0.39 is 5.54 Å². The Balaban J connectivity index is 1.99. The quantitative estimate of drug-likeness (QED) is 0.914. The fourth-order valence-corrected chi connectivity index (χ4v) is 3.60. The zero-order valence-electron chi connectivity index (χ0n) is 11.2. The Kier molecular flexibility index (Phi) is 4.07. The summed E-state index contributed by atoms with van der Waals surface area (Å²) in [6.07, 6.45) is 5.03. The summed E-state index contributed by atoms with van der Waals surface area (Å²) in [6.45, 7) is 2.76. The first kappa shape index (κ1) is 13.6. The Hall–Kier alpha value is -0.870. The van der Waals surface area contributed by atoms with Gasteiger partial charge in [0.1, 0.15) is 0 Å². The SMILES string of the molecule is Cc1ccc(CN(C)C(=O)C2(N)CCCCC2)s1. The van der Waals surface area contributed by atoms with E-state index in [0.717, 1.165) is 25.7 Å². The van der Waals surface area contributed by atoms with Crippen molar-refractivity contribution in [1.82, 2.24) is 4.90 Å². The second kappa shape index (κ2) is 5.41. The Morgan fingerprint density at radius 3 is 2.61 bits per heavy atom. The summed E-state index contributed by atoms with van der Waals surface area (Å²) < 4.78 is 0. The van der Waals surface area contributed by atoms with Gasteiger partial charge in [-0.3, -0.25) is 4.79 Å². The second-order valence-electron chi connectivity index (χ2n) is 5.39. The van der Waals surface area contributed by atoms with Gasteiger partial charge in [-0.15, -0.1) is 11.3 Å². The van der Waals surface area contributed by atoms with Crippen LogP contribution in [-0.2, 0) is 11.3 Å². The summed E-state index contributed by atoms with van der Waals surface area (Å²) in [7, 11) is 1.86. The lowest BCUT2D eigenvalue weighted by Gasteiger charge is -2.35. The van der Waals surface area contributed by atoms with Gasteiger partial charge in [0.15, 0.2) is 0 Å². The smallest absolute Gasteiger partial charge is 0.242 e. The van der Waals surface area contributed by atoms with Crippen LogP contribution in [0, 0.1) is 6.92 Å². The molecule has 2 rings (SSSR count). The third-order valence-electron chi connectivity index (χ3n) is 3.71. The molecule has 1 amide bonds. The molecule has 0 spiro atoms. The highest BCUT2D eigenvalue weighted by molar-refractivity contribution is 7.11. The van der Waals surface area contributed by atoms with E-state index in [1.807, 2.05) is 7.05 Å². The molecule has 0 aromatic carbocycles. The van der Waals surface area contributed by atoms with Crippen LogP contribution in [0.5, 0.6) is 0 Å². The summed E-state index contributed by atoms with van der Waals surface area (Å²) in [5.41, 5.74) is 5.66. The van der Waals surface area contributed by atoms with E-state index in [-0.39, 0.29) is 5.91 Å². The zero-order valence-corrected chi connectivity index (χ0v) is 12.1. The average Bonchev–Trinajstić information content (AvgIpc) is 2.74. The summed E-state index contributed by atoms with van der Waals surface area (Å²) in [4.78, 5) is 16.7. The molecule has 0 saturated heterocycles. The van der Waals surface area contributed by atoms with Crippen molar-refractivity contribution in [2.45, 2.75) is 51.1 Å². The number of carbonyl (C=O) groups excluding carboxylic acids is 1. The lowest BCUT2D eigenvalue weighted by atomic mass is 9.81. The van der Waals surface area contributed by atoms with E-state index in [0.29, 0.717) is 6.54 Å². The molecular formula is C14H22N2OS. The third-order valence-corrected chi connectivity index (χ3v) is 4.69. The second-order valence-corrected chi connectivity index (χ2v) is 6.76. The number of aryl methyl sites for hydroxylation is 1. The van der Waals surface area contributed by atoms with E-state index in [1.165, 1.54) is 16.2 Å². The fourth-order valence-electron chi connectivity index (χ4n) is 2.65. The summed E-state index contributed by atoms with van der Waals surface area (Å²) >= 11 is 1.74. The first-order valence-corrected chi connectivity index (χ1v) is 7.43. The maximum atomic E-state index is 12.4. The molecule has 18 heavy (non-hydrogen) atoms. The molecule has 0 unspecified atom stereocenters. The van der Waals surface area contributed by atoms with Crippen LogP contribution in [0.15, 0.2) is 12.1 Å². The first-order valence-electron chi connectivity index (χ1n) is 6.61. The van der Waals surface area contributed by atoms with Crippen molar-refractivity contribution < 1.29 is 4.79 Å². The van der Waals surface area contributed by atoms with Crippen molar-refractivity contribution in [2.24, 2.45) is 5.73 Å². The van der Waals surface area contributed by atoms with Crippen LogP contribution in [0.3, 0.4) is 0 Å². The van der Waals surface area contributed by atoms with Crippen molar-refractivity contribution in [3.05, 3.63) is 21.9 Å². The molecule has 4 heteroatoms. The number of rotatable bonds is 3. The Bertz CT molecular complexity index is 421. The fraction of sp³-hybridized carbons (Fsp3) is 0.643. The largest absolute Gasteiger partial charge is 0.339 e. The molecule has 1 fully saturated rings. The lowest BCUT2D eigenvalue weighted by Crippen LogP contribution is -2.55. The molecule has 2 N–H and O–H groups in total. The van der Waals surface area contributed by atoms with Gasteiger partial charge in [-0.25, -0.2) is 0 Å². The highest BCUT2D eigenvalue weighted by Crippen LogP contribution is 2.28. The zero-order chi connectivity index (χ0) is 13.2. The Morgan fingerprint density at radius 1 is 1.39 bits per heavy atom. The van der Waals surface area contributed by atoms with Gasteiger partial charge in [-0.1, -0.05) is 19.3 Å². The molecule has 0 atom stereocenters. The molecule has 0 aliphatic heterocycles. The van der Waals surface area contributed by atoms with Crippen LogP contribution in [0.4, 0.5) is 0 Å². The first-order chi connectivity index (χ1) is 8.51. The normalized spacial score (nSPS) is 18.6. The van der Waals surface area contributed by atoms with E-state index in [9.17, 15) is 4.79 Å². The van der Waals surface area contributed by atoms with Gasteiger partial charge < -0.3 is 10.6 Å². The summed E-state index contributed by atoms with van der Waals surface area (Å²) in [5.74, 6) is 0.105. The van der Waals surface area contributed by atoms with Crippen LogP contribution in [0.25, 0.3) is 0 Å². The number of nitrogens with zero attached hydrogens (tertiary/aromatic N) is 1. The molecule has 1 aromatic heterocycles. The number of likely N-dealkylation sites (N-methyl/N-ethyl adjacent to an activating group) is 1. The molecular weight excluding hydrogens is 244 g/mol. The standard InChI is InChI=1S/C14H22N2OS/c1-11-6-7-12(18-11)10-16(2)13(17)14(15)8-4-3-5-9-14/h6-7H,3-5,8-10,15H2,1-2H3. The number of nitrogens with two attached hydrogens (primary N) is 1. The van der Waals surface area contributed by atoms with Gasteiger partial charge >= 0.3 is 0 Å². The van der Waals surface area contributed by atoms with Gasteiger partial charge in [0.25, 0.3) is 0 Å². The number of hydrogen-bond donors (Lipinski definition) is 1. The summed E-state index contributed by atoms with van der Waals surface area (Å²) in [6, 6.07) is 4.19. The number of carbonyl (C=O) groups is 1. The van der Waals surface area contributed by atoms with E-state index in [1.54, 1.807) is 16.2 Å². The molecule has 1 aliphatic rings. The highest BCUT2D eigenvalue weighted by Gasteiger charge is 2.37. The van der Waals surface area contributed by atoms with Crippen molar-refractivity contribution in [3.8, 4) is 0 Å². The minimum Gasteiger partial charge on any atom is -0.339 e. The minimum absolute atomic E-state index is 0.105. The van der Waals surface area contributed by atoms with Crippen LogP contribution in [0.2, 0.25) is 0 Å². The van der Waals surface area contributed by atoms with Crippen molar-refractivity contribution in [1.29, 1.82) is 0 Å². The molecule has 0 bridgehead atoms. The topological polar surface area (TPSA) is 46.3 Å². The van der Waals surface area contributed by atoms with E-state index >= 15 is 0 Å². The van der Waals surface area contributed by atoms with Gasteiger partial charge in [0.2, 0.25) is 5.91 Å². The maximum absolute atomic E-state index is 12.4. The number of amides is 1. The molecule has 1 aromatic rings. The van der Waals surface area contributed by atoms with Crippen LogP contribution in [0.1, 0.15) is 41.9 Å². The monoisotopic (exact) mass is 266 g/mol. The molecule has 1 saturated carbocycles. The van der Waals surface area contributed by atoms with Crippen LogP contribution >= 0.6 is 11.3 Å². The van der Waals surface area contributed by atoms with Gasteiger partial charge in [-0.05, 0) is 31.9 Å². The van der Waals surface area contributed by atoms with Crippen molar-refractivity contribution in [3.63, 3.8) is 0 Å². The molecule has 3 nitrogen and oxygen atoms in total. The molecule has 100 valence electrons. The predicted octanol–water partition coefficient (Wildman–Crippen LogP) is 2.68. The number of hydrogen-bond acceptors (Lipinski definition) is 3. The lowest BCUT2D eigenvalue weighted by molar-refractivity contribution is -0.137. The highest BCUT2D eigenvalue weighted by atomic mass is 32.1.